The van der Waals surface area contributed by atoms with E-state index < -0.39 is 5.97 Å². The molecule has 1 amide bonds. The fourth-order valence-corrected chi connectivity index (χ4v) is 1.16. The molecule has 0 spiro atoms. The zero-order chi connectivity index (χ0) is 9.14. The lowest BCUT2D eigenvalue weighted by atomic mass is 10.3. The molecule has 0 bridgehead atoms. The summed E-state index contributed by atoms with van der Waals surface area (Å²) < 4.78 is 0. The number of carboxylic acid groups (broad SMARTS) is 1. The van der Waals surface area contributed by atoms with Crippen LogP contribution in [0.5, 0.6) is 0 Å². The maximum Gasteiger partial charge on any atom is 0.323 e. The second-order valence-corrected chi connectivity index (χ2v) is 2.95. The van der Waals surface area contributed by atoms with Crippen LogP contribution < -0.4 is 0 Å². The molecule has 0 aromatic heterocycles. The number of rotatable bonds is 2. The summed E-state index contributed by atoms with van der Waals surface area (Å²) in [4.78, 5) is 24.7. The van der Waals surface area contributed by atoms with E-state index in [2.05, 4.69) is 0 Å². The Morgan fingerprint density at radius 1 is 1.58 bits per heavy atom. The first-order chi connectivity index (χ1) is 5.59. The molecule has 1 rings (SSSR count). The highest BCUT2D eigenvalue weighted by Crippen LogP contribution is 1.99. The van der Waals surface area contributed by atoms with Gasteiger partial charge in [0.1, 0.15) is 6.54 Å². The van der Waals surface area contributed by atoms with Gasteiger partial charge in [-0.25, -0.2) is 0 Å². The van der Waals surface area contributed by atoms with E-state index in [1.165, 1.54) is 4.90 Å². The largest absolute Gasteiger partial charge is 0.480 e. The number of hydrogen-bond acceptors (Lipinski definition) is 3. The van der Waals surface area contributed by atoms with Crippen molar-refractivity contribution in [2.75, 3.05) is 33.2 Å². The molecule has 5 nitrogen and oxygen atoms in total. The minimum Gasteiger partial charge on any atom is -0.480 e. The Balaban J connectivity index is 2.45. The lowest BCUT2D eigenvalue weighted by Gasteiger charge is -2.30. The third-order valence-corrected chi connectivity index (χ3v) is 1.84. The molecule has 1 N–H and O–H groups in total. The van der Waals surface area contributed by atoms with Crippen LogP contribution in [0.3, 0.4) is 0 Å². The molecular formula is C7H12N2O3. The Morgan fingerprint density at radius 2 is 2.25 bits per heavy atom. The van der Waals surface area contributed by atoms with Gasteiger partial charge in [-0.3, -0.25) is 14.5 Å². The van der Waals surface area contributed by atoms with Gasteiger partial charge in [0.25, 0.3) is 0 Å². The highest BCUT2D eigenvalue weighted by Gasteiger charge is 2.22. The van der Waals surface area contributed by atoms with Crippen LogP contribution in [0.25, 0.3) is 0 Å². The monoisotopic (exact) mass is 172 g/mol. The Labute approximate surface area is 70.6 Å². The molecule has 5 heteroatoms. The molecule has 0 aromatic carbocycles. The zero-order valence-corrected chi connectivity index (χ0v) is 6.99. The van der Waals surface area contributed by atoms with Crippen molar-refractivity contribution in [3.63, 3.8) is 0 Å². The molecule has 12 heavy (non-hydrogen) atoms. The van der Waals surface area contributed by atoms with E-state index in [9.17, 15) is 9.59 Å². The van der Waals surface area contributed by atoms with Crippen molar-refractivity contribution in [1.29, 1.82) is 0 Å². The van der Waals surface area contributed by atoms with Crippen LogP contribution in [-0.4, -0.2) is 60.0 Å². The average Bonchev–Trinajstić information content (AvgIpc) is 1.94. The van der Waals surface area contributed by atoms with Gasteiger partial charge in [0, 0.05) is 13.1 Å². The van der Waals surface area contributed by atoms with Crippen molar-refractivity contribution in [2.45, 2.75) is 0 Å². The van der Waals surface area contributed by atoms with E-state index in [0.29, 0.717) is 13.1 Å². The van der Waals surface area contributed by atoms with E-state index >= 15 is 0 Å². The number of likely N-dealkylation sites (N-methyl/N-ethyl adjacent to an activating group) is 1. The number of hydrogen-bond donors (Lipinski definition) is 1. The van der Waals surface area contributed by atoms with E-state index in [1.807, 2.05) is 11.9 Å². The first-order valence-corrected chi connectivity index (χ1v) is 3.77. The third-order valence-electron chi connectivity index (χ3n) is 1.84. The molecule has 0 aliphatic carbocycles. The predicted molar refractivity (Wildman–Crippen MR) is 41.7 cm³/mol. The molecule has 0 unspecified atom stereocenters. The maximum atomic E-state index is 11.2. The van der Waals surface area contributed by atoms with E-state index in [1.54, 1.807) is 0 Å². The summed E-state index contributed by atoms with van der Waals surface area (Å²) in [6.45, 7) is 1.42. The summed E-state index contributed by atoms with van der Waals surface area (Å²) in [7, 11) is 1.84. The smallest absolute Gasteiger partial charge is 0.323 e. The summed E-state index contributed by atoms with van der Waals surface area (Å²) in [5, 5.41) is 8.44. The molecule has 68 valence electrons. The van der Waals surface area contributed by atoms with Crippen LogP contribution in [0, 0.1) is 0 Å². The highest BCUT2D eigenvalue weighted by atomic mass is 16.4. The molecule has 1 heterocycles. The molecular weight excluding hydrogens is 160 g/mol. The quantitative estimate of drug-likeness (QED) is 0.571. The molecule has 1 saturated heterocycles. The summed E-state index contributed by atoms with van der Waals surface area (Å²) in [6, 6.07) is 0. The van der Waals surface area contributed by atoms with Crippen molar-refractivity contribution < 1.29 is 14.7 Å². The molecule has 0 radical (unpaired) electrons. The van der Waals surface area contributed by atoms with E-state index in [-0.39, 0.29) is 12.5 Å². The van der Waals surface area contributed by atoms with Crippen molar-refractivity contribution in [2.24, 2.45) is 0 Å². The first kappa shape index (κ1) is 8.99. The lowest BCUT2D eigenvalue weighted by molar-refractivity contribution is -0.146. The van der Waals surface area contributed by atoms with Gasteiger partial charge in [-0.1, -0.05) is 0 Å². The molecule has 1 aliphatic heterocycles. The standard InChI is InChI=1S/C7H12N2O3/c1-8-2-3-9(5-7(11)12)6(10)4-8/h2-5H2,1H3,(H,11,12). The van der Waals surface area contributed by atoms with Crippen molar-refractivity contribution in [3.8, 4) is 0 Å². The minimum atomic E-state index is -0.951. The van der Waals surface area contributed by atoms with Crippen LogP contribution >= 0.6 is 0 Å². The predicted octanol–water partition coefficient (Wildman–Crippen LogP) is -1.15. The lowest BCUT2D eigenvalue weighted by Crippen LogP contribution is -2.50. The van der Waals surface area contributed by atoms with Gasteiger partial charge in [-0.05, 0) is 7.05 Å². The Morgan fingerprint density at radius 3 is 2.75 bits per heavy atom. The maximum absolute atomic E-state index is 11.2. The number of aliphatic carboxylic acids is 1. The van der Waals surface area contributed by atoms with Crippen LogP contribution in [0.2, 0.25) is 0 Å². The van der Waals surface area contributed by atoms with Crippen LogP contribution in [-0.2, 0) is 9.59 Å². The fraction of sp³-hybridized carbons (Fsp3) is 0.714. The third kappa shape index (κ3) is 2.20. The van der Waals surface area contributed by atoms with Crippen LogP contribution in [0.15, 0.2) is 0 Å². The summed E-state index contributed by atoms with van der Waals surface area (Å²) in [6.07, 6.45) is 0. The Kier molecular flexibility index (Phi) is 2.65. The van der Waals surface area contributed by atoms with Crippen molar-refractivity contribution >= 4 is 11.9 Å². The number of nitrogens with zero attached hydrogens (tertiary/aromatic N) is 2. The average molecular weight is 172 g/mol. The minimum absolute atomic E-state index is 0.105. The number of carbonyl (C=O) groups is 2. The van der Waals surface area contributed by atoms with E-state index in [4.69, 9.17) is 5.11 Å². The Hall–Kier alpha value is -1.10. The highest BCUT2D eigenvalue weighted by molar-refractivity contribution is 5.83. The number of carboxylic acids is 1. The van der Waals surface area contributed by atoms with E-state index in [0.717, 1.165) is 6.54 Å². The number of piperazine rings is 1. The summed E-state index contributed by atoms with van der Waals surface area (Å²) in [5.74, 6) is -1.06. The van der Waals surface area contributed by atoms with Gasteiger partial charge in [0.15, 0.2) is 0 Å². The second-order valence-electron chi connectivity index (χ2n) is 2.95. The van der Waals surface area contributed by atoms with Gasteiger partial charge in [-0.2, -0.15) is 0 Å². The van der Waals surface area contributed by atoms with Gasteiger partial charge in [-0.15, -0.1) is 0 Å². The summed E-state index contributed by atoms with van der Waals surface area (Å²) >= 11 is 0. The number of amides is 1. The Bertz CT molecular complexity index is 205. The number of carbonyl (C=O) groups excluding carboxylic acids is 1. The zero-order valence-electron chi connectivity index (χ0n) is 6.99. The van der Waals surface area contributed by atoms with Crippen molar-refractivity contribution in [1.82, 2.24) is 9.80 Å². The molecule has 0 saturated carbocycles. The molecule has 1 aliphatic rings. The topological polar surface area (TPSA) is 60.9 Å². The van der Waals surface area contributed by atoms with Crippen molar-refractivity contribution in [3.05, 3.63) is 0 Å². The fourth-order valence-electron chi connectivity index (χ4n) is 1.16. The summed E-state index contributed by atoms with van der Waals surface area (Å²) in [5.41, 5.74) is 0. The normalized spacial score (nSPS) is 19.8. The molecule has 1 fully saturated rings. The van der Waals surface area contributed by atoms with Crippen LogP contribution in [0.4, 0.5) is 0 Å². The van der Waals surface area contributed by atoms with Gasteiger partial charge < -0.3 is 10.0 Å². The second kappa shape index (κ2) is 3.53. The molecule has 0 aromatic rings. The van der Waals surface area contributed by atoms with Crippen LogP contribution in [0.1, 0.15) is 0 Å². The van der Waals surface area contributed by atoms with Gasteiger partial charge in [0.05, 0.1) is 6.54 Å². The SMILES string of the molecule is CN1CCN(CC(=O)O)C(=O)C1. The first-order valence-electron chi connectivity index (χ1n) is 3.77. The molecule has 0 atom stereocenters. The van der Waals surface area contributed by atoms with Gasteiger partial charge in [0.2, 0.25) is 5.91 Å². The van der Waals surface area contributed by atoms with Gasteiger partial charge >= 0.3 is 5.97 Å².